The second kappa shape index (κ2) is 3.02. The van der Waals surface area contributed by atoms with Crippen LogP contribution in [-0.2, 0) is 0 Å². The number of rotatable bonds is 4. The Labute approximate surface area is 76.7 Å². The van der Waals surface area contributed by atoms with Crippen LogP contribution in [0.5, 0.6) is 0 Å². The molecule has 1 fully saturated rings. The molecule has 1 heteroatoms. The Hall–Kier alpha value is -0.0400. The van der Waals surface area contributed by atoms with E-state index < -0.39 is 0 Å². The molecule has 0 bridgehead atoms. The van der Waals surface area contributed by atoms with Gasteiger partial charge < -0.3 is 5.73 Å². The third kappa shape index (κ3) is 1.28. The predicted octanol–water partition coefficient (Wildman–Crippen LogP) is 2.80. The van der Waals surface area contributed by atoms with Crippen molar-refractivity contribution in [1.29, 1.82) is 0 Å². The lowest BCUT2D eigenvalue weighted by atomic mass is 9.81. The van der Waals surface area contributed by atoms with Gasteiger partial charge in [-0.05, 0) is 29.7 Å². The third-order valence-electron chi connectivity index (χ3n) is 4.01. The van der Waals surface area contributed by atoms with Gasteiger partial charge in [0, 0.05) is 0 Å². The van der Waals surface area contributed by atoms with E-state index in [1.807, 2.05) is 0 Å². The van der Waals surface area contributed by atoms with Crippen molar-refractivity contribution in [3.63, 3.8) is 0 Å². The zero-order chi connectivity index (χ0) is 9.41. The molecule has 0 saturated heterocycles. The van der Waals surface area contributed by atoms with E-state index >= 15 is 0 Å². The third-order valence-corrected chi connectivity index (χ3v) is 4.01. The summed E-state index contributed by atoms with van der Waals surface area (Å²) < 4.78 is 0. The van der Waals surface area contributed by atoms with Crippen molar-refractivity contribution in [2.45, 2.75) is 47.0 Å². The Balaban J connectivity index is 2.59. The lowest BCUT2D eigenvalue weighted by molar-refractivity contribution is 0.254. The summed E-state index contributed by atoms with van der Waals surface area (Å²) >= 11 is 0. The van der Waals surface area contributed by atoms with Gasteiger partial charge in [0.2, 0.25) is 0 Å². The Bertz CT molecular complexity index is 162. The summed E-state index contributed by atoms with van der Waals surface area (Å²) in [6.45, 7) is 10.2. The minimum Gasteiger partial charge on any atom is -0.330 e. The average Bonchev–Trinajstić information content (AvgIpc) is 2.55. The molecule has 0 aromatic heterocycles. The Kier molecular flexibility index (Phi) is 2.53. The summed E-state index contributed by atoms with van der Waals surface area (Å²) in [7, 11) is 0. The smallest absolute Gasteiger partial charge is 0.00126 e. The van der Waals surface area contributed by atoms with E-state index in [4.69, 9.17) is 5.73 Å². The molecular formula is C11H23N. The van der Waals surface area contributed by atoms with Crippen LogP contribution >= 0.6 is 0 Å². The number of hydrogen-bond donors (Lipinski definition) is 1. The molecule has 2 N–H and O–H groups in total. The highest BCUT2D eigenvalue weighted by atomic mass is 14.8. The average molecular weight is 169 g/mol. The molecule has 12 heavy (non-hydrogen) atoms. The van der Waals surface area contributed by atoms with E-state index in [9.17, 15) is 0 Å². The highest BCUT2D eigenvalue weighted by Crippen LogP contribution is 2.67. The van der Waals surface area contributed by atoms with Gasteiger partial charge in [0.15, 0.2) is 0 Å². The summed E-state index contributed by atoms with van der Waals surface area (Å²) in [6, 6.07) is 0. The molecule has 0 aromatic carbocycles. The van der Waals surface area contributed by atoms with E-state index in [2.05, 4.69) is 27.7 Å². The lowest BCUT2D eigenvalue weighted by Crippen LogP contribution is -2.27. The maximum absolute atomic E-state index is 5.88. The first-order valence-corrected chi connectivity index (χ1v) is 5.20. The summed E-state index contributed by atoms with van der Waals surface area (Å²) in [5.74, 6) is 0.808. The van der Waals surface area contributed by atoms with Crippen LogP contribution < -0.4 is 5.73 Å². The Morgan fingerprint density at radius 3 is 2.17 bits per heavy atom. The molecule has 1 aliphatic rings. The molecule has 0 spiro atoms. The molecule has 1 aliphatic carbocycles. The molecule has 0 amide bonds. The van der Waals surface area contributed by atoms with Gasteiger partial charge in [-0.15, -0.1) is 0 Å². The highest BCUT2D eigenvalue weighted by molar-refractivity contribution is 5.12. The van der Waals surface area contributed by atoms with Crippen molar-refractivity contribution >= 4 is 0 Å². The largest absolute Gasteiger partial charge is 0.330 e. The van der Waals surface area contributed by atoms with Gasteiger partial charge in [-0.25, -0.2) is 0 Å². The zero-order valence-electron chi connectivity index (χ0n) is 8.98. The topological polar surface area (TPSA) is 26.0 Å². The van der Waals surface area contributed by atoms with Crippen molar-refractivity contribution in [3.8, 4) is 0 Å². The van der Waals surface area contributed by atoms with Crippen LogP contribution in [0.25, 0.3) is 0 Å². The van der Waals surface area contributed by atoms with E-state index in [1.165, 1.54) is 19.3 Å². The first kappa shape index (κ1) is 10.0. The molecule has 1 saturated carbocycles. The quantitative estimate of drug-likeness (QED) is 0.688. The van der Waals surface area contributed by atoms with E-state index in [1.54, 1.807) is 0 Å². The van der Waals surface area contributed by atoms with Crippen LogP contribution in [-0.4, -0.2) is 6.54 Å². The van der Waals surface area contributed by atoms with Crippen molar-refractivity contribution in [1.82, 2.24) is 0 Å². The predicted molar refractivity (Wildman–Crippen MR) is 54.0 cm³/mol. The van der Waals surface area contributed by atoms with Crippen LogP contribution in [0.4, 0.5) is 0 Å². The Morgan fingerprint density at radius 2 is 1.92 bits per heavy atom. The van der Waals surface area contributed by atoms with Gasteiger partial charge in [0.05, 0.1) is 0 Å². The molecule has 2 atom stereocenters. The van der Waals surface area contributed by atoms with Crippen molar-refractivity contribution in [2.24, 2.45) is 22.5 Å². The molecule has 0 aromatic rings. The van der Waals surface area contributed by atoms with Crippen LogP contribution in [0, 0.1) is 16.7 Å². The zero-order valence-corrected chi connectivity index (χ0v) is 8.98. The van der Waals surface area contributed by atoms with E-state index in [0.29, 0.717) is 10.8 Å². The van der Waals surface area contributed by atoms with Crippen molar-refractivity contribution in [2.75, 3.05) is 6.54 Å². The fraction of sp³-hybridized carbons (Fsp3) is 1.00. The highest BCUT2D eigenvalue weighted by Gasteiger charge is 2.62. The summed E-state index contributed by atoms with van der Waals surface area (Å²) in [5.41, 5.74) is 6.86. The molecule has 1 rings (SSSR count). The summed E-state index contributed by atoms with van der Waals surface area (Å²) in [6.07, 6.45) is 3.96. The maximum atomic E-state index is 5.88. The minimum absolute atomic E-state index is 0.475. The Morgan fingerprint density at radius 1 is 1.42 bits per heavy atom. The van der Waals surface area contributed by atoms with Crippen LogP contribution in [0.3, 0.4) is 0 Å². The van der Waals surface area contributed by atoms with E-state index in [-0.39, 0.29) is 0 Å². The van der Waals surface area contributed by atoms with Crippen LogP contribution in [0.15, 0.2) is 0 Å². The van der Waals surface area contributed by atoms with Gasteiger partial charge in [0.1, 0.15) is 0 Å². The van der Waals surface area contributed by atoms with Gasteiger partial charge in [0.25, 0.3) is 0 Å². The van der Waals surface area contributed by atoms with Crippen LogP contribution in [0.2, 0.25) is 0 Å². The second-order valence-electron chi connectivity index (χ2n) is 5.11. The molecule has 1 nitrogen and oxygen atoms in total. The monoisotopic (exact) mass is 169 g/mol. The van der Waals surface area contributed by atoms with Crippen molar-refractivity contribution < 1.29 is 0 Å². The molecule has 0 radical (unpaired) electrons. The fourth-order valence-corrected chi connectivity index (χ4v) is 2.84. The number of hydrogen-bond acceptors (Lipinski definition) is 1. The minimum atomic E-state index is 0.475. The lowest BCUT2D eigenvalue weighted by Gasteiger charge is -2.25. The molecule has 72 valence electrons. The molecule has 2 unspecified atom stereocenters. The molecular weight excluding hydrogens is 146 g/mol. The SMILES string of the molecule is CCCC(C)C1(CN)CC1(C)C. The van der Waals surface area contributed by atoms with Crippen molar-refractivity contribution in [3.05, 3.63) is 0 Å². The van der Waals surface area contributed by atoms with Crippen LogP contribution in [0.1, 0.15) is 47.0 Å². The molecule has 0 heterocycles. The first-order valence-electron chi connectivity index (χ1n) is 5.20. The number of nitrogens with two attached hydrogens (primary N) is 1. The van der Waals surface area contributed by atoms with Gasteiger partial charge >= 0.3 is 0 Å². The van der Waals surface area contributed by atoms with E-state index in [0.717, 1.165) is 12.5 Å². The standard InChI is InChI=1S/C11H23N/c1-5-6-9(2)11(8-12)7-10(11,3)4/h9H,5-8,12H2,1-4H3. The second-order valence-corrected chi connectivity index (χ2v) is 5.11. The summed E-state index contributed by atoms with van der Waals surface area (Å²) in [5, 5.41) is 0. The van der Waals surface area contributed by atoms with Gasteiger partial charge in [-0.1, -0.05) is 40.5 Å². The van der Waals surface area contributed by atoms with Gasteiger partial charge in [-0.2, -0.15) is 0 Å². The fourth-order valence-electron chi connectivity index (χ4n) is 2.84. The summed E-state index contributed by atoms with van der Waals surface area (Å²) in [4.78, 5) is 0. The molecule has 0 aliphatic heterocycles. The van der Waals surface area contributed by atoms with Gasteiger partial charge in [-0.3, -0.25) is 0 Å². The maximum Gasteiger partial charge on any atom is -0.00126 e. The first-order chi connectivity index (χ1) is 5.50. The normalized spacial score (nSPS) is 34.8.